The van der Waals surface area contributed by atoms with Crippen molar-refractivity contribution in [1.29, 1.82) is 0 Å². The Bertz CT molecular complexity index is 860. The number of carbonyl (C=O) groups excluding carboxylic acids is 4. The first kappa shape index (κ1) is 18.3. The highest BCUT2D eigenvalue weighted by Crippen LogP contribution is 2.37. The molecular weight excluding hydrogens is 348 g/mol. The summed E-state index contributed by atoms with van der Waals surface area (Å²) < 4.78 is 5.33. The molecule has 7 heteroatoms. The monoisotopic (exact) mass is 366 g/mol. The zero-order valence-electron chi connectivity index (χ0n) is 14.6. The normalized spacial score (nSPS) is 16.9. The molecule has 1 atom stereocenters. The molecule has 1 heterocycles. The van der Waals surface area contributed by atoms with Crippen LogP contribution in [0.1, 0.15) is 24.0 Å². The van der Waals surface area contributed by atoms with Gasteiger partial charge >= 0.3 is 12.0 Å². The van der Waals surface area contributed by atoms with Crippen LogP contribution in [0.15, 0.2) is 60.7 Å². The quantitative estimate of drug-likeness (QED) is 0.619. The lowest BCUT2D eigenvalue weighted by atomic mass is 9.76. The van der Waals surface area contributed by atoms with Crippen molar-refractivity contribution in [2.45, 2.75) is 24.9 Å². The summed E-state index contributed by atoms with van der Waals surface area (Å²) in [4.78, 5) is 49.0. The molecule has 4 amide bonds. The van der Waals surface area contributed by atoms with Crippen LogP contribution in [0.5, 0.6) is 0 Å². The number of ether oxygens (including phenoxy) is 1. The van der Waals surface area contributed by atoms with Gasteiger partial charge in [-0.05, 0) is 17.5 Å². The van der Waals surface area contributed by atoms with Gasteiger partial charge in [0.1, 0.15) is 0 Å². The Labute approximate surface area is 155 Å². The van der Waals surface area contributed by atoms with Crippen LogP contribution in [0.4, 0.5) is 4.79 Å². The summed E-state index contributed by atoms with van der Waals surface area (Å²) in [6, 6.07) is 17.1. The van der Waals surface area contributed by atoms with Gasteiger partial charge in [-0.3, -0.25) is 25.0 Å². The molecule has 0 saturated carbocycles. The topological polar surface area (TPSA) is 102 Å². The van der Waals surface area contributed by atoms with Gasteiger partial charge in [0.2, 0.25) is 0 Å². The van der Waals surface area contributed by atoms with Gasteiger partial charge in [0.05, 0.1) is 0 Å². The summed E-state index contributed by atoms with van der Waals surface area (Å²) in [6.07, 6.45) is 0.243. The number of esters is 1. The number of carbonyl (C=O) groups is 4. The van der Waals surface area contributed by atoms with Crippen molar-refractivity contribution in [3.05, 3.63) is 71.8 Å². The molecule has 0 aliphatic carbocycles. The van der Waals surface area contributed by atoms with Crippen molar-refractivity contribution in [3.8, 4) is 0 Å². The maximum atomic E-state index is 12.8. The zero-order chi connectivity index (χ0) is 19.4. The molecule has 1 unspecified atom stereocenters. The van der Waals surface area contributed by atoms with Crippen LogP contribution in [0.2, 0.25) is 0 Å². The smallest absolute Gasteiger partial charge is 0.328 e. The SMILES string of the molecule is CC(=O)OC1(C(Cc2ccccc2)c2ccccc2)C(=O)NC(=O)NC1=O. The molecule has 0 aromatic heterocycles. The van der Waals surface area contributed by atoms with Crippen LogP contribution in [-0.4, -0.2) is 29.4 Å². The van der Waals surface area contributed by atoms with E-state index < -0.39 is 35.3 Å². The Morgan fingerprint density at radius 2 is 1.44 bits per heavy atom. The second kappa shape index (κ2) is 7.41. The van der Waals surface area contributed by atoms with Gasteiger partial charge in [-0.2, -0.15) is 0 Å². The van der Waals surface area contributed by atoms with E-state index >= 15 is 0 Å². The van der Waals surface area contributed by atoms with Crippen LogP contribution < -0.4 is 10.6 Å². The van der Waals surface area contributed by atoms with Crippen molar-refractivity contribution in [2.75, 3.05) is 0 Å². The molecule has 3 rings (SSSR count). The minimum atomic E-state index is -2.20. The van der Waals surface area contributed by atoms with E-state index in [-0.39, 0.29) is 6.42 Å². The number of benzene rings is 2. The molecular formula is C20H18N2O5. The summed E-state index contributed by atoms with van der Waals surface area (Å²) in [7, 11) is 0. The third kappa shape index (κ3) is 3.57. The third-order valence-corrected chi connectivity index (χ3v) is 4.41. The molecule has 0 bridgehead atoms. The van der Waals surface area contributed by atoms with Gasteiger partial charge in [0.15, 0.2) is 0 Å². The second-order valence-corrected chi connectivity index (χ2v) is 6.22. The summed E-state index contributed by atoms with van der Waals surface area (Å²) in [5.74, 6) is -3.56. The first-order valence-electron chi connectivity index (χ1n) is 8.39. The maximum absolute atomic E-state index is 12.8. The van der Waals surface area contributed by atoms with E-state index in [1.807, 2.05) is 30.3 Å². The van der Waals surface area contributed by atoms with Crippen LogP contribution in [-0.2, 0) is 25.5 Å². The zero-order valence-corrected chi connectivity index (χ0v) is 14.6. The van der Waals surface area contributed by atoms with Crippen LogP contribution >= 0.6 is 0 Å². The number of urea groups is 1. The van der Waals surface area contributed by atoms with Gasteiger partial charge in [-0.1, -0.05) is 60.7 Å². The lowest BCUT2D eigenvalue weighted by Crippen LogP contribution is -2.70. The standard InChI is InChI=1S/C20H18N2O5/c1-13(23)27-20(17(24)21-19(26)22-18(20)25)16(15-10-6-3-7-11-15)12-14-8-4-2-5-9-14/h2-11,16H,12H2,1H3,(H2,21,22,24,25,26). The van der Waals surface area contributed by atoms with E-state index in [1.165, 1.54) is 0 Å². The van der Waals surface area contributed by atoms with E-state index in [1.54, 1.807) is 30.3 Å². The summed E-state index contributed by atoms with van der Waals surface area (Å²) in [6.45, 7) is 1.11. The highest BCUT2D eigenvalue weighted by atomic mass is 16.6. The molecule has 2 N–H and O–H groups in total. The van der Waals surface area contributed by atoms with Gasteiger partial charge < -0.3 is 4.74 Å². The molecule has 1 aliphatic heterocycles. The largest absolute Gasteiger partial charge is 0.438 e. The van der Waals surface area contributed by atoms with Gasteiger partial charge in [0, 0.05) is 12.8 Å². The Morgan fingerprint density at radius 3 is 1.96 bits per heavy atom. The summed E-state index contributed by atoms with van der Waals surface area (Å²) in [5.41, 5.74) is -0.727. The minimum Gasteiger partial charge on any atom is -0.438 e. The first-order valence-corrected chi connectivity index (χ1v) is 8.39. The number of amides is 4. The Kier molecular flexibility index (Phi) is 5.03. The highest BCUT2D eigenvalue weighted by molar-refractivity contribution is 6.23. The van der Waals surface area contributed by atoms with E-state index in [4.69, 9.17) is 4.74 Å². The fourth-order valence-corrected chi connectivity index (χ4v) is 3.26. The molecule has 7 nitrogen and oxygen atoms in total. The number of barbiturate groups is 1. The number of rotatable bonds is 5. The summed E-state index contributed by atoms with van der Waals surface area (Å²) in [5, 5.41) is 4.11. The van der Waals surface area contributed by atoms with E-state index in [9.17, 15) is 19.2 Å². The summed E-state index contributed by atoms with van der Waals surface area (Å²) >= 11 is 0. The molecule has 1 fully saturated rings. The molecule has 2 aromatic rings. The molecule has 0 spiro atoms. The lowest BCUT2D eigenvalue weighted by Gasteiger charge is -2.39. The molecule has 1 saturated heterocycles. The van der Waals surface area contributed by atoms with Crippen molar-refractivity contribution >= 4 is 23.8 Å². The minimum absolute atomic E-state index is 0.243. The molecule has 27 heavy (non-hydrogen) atoms. The van der Waals surface area contributed by atoms with Gasteiger partial charge in [-0.15, -0.1) is 0 Å². The average molecular weight is 366 g/mol. The number of nitrogens with one attached hydrogen (secondary N) is 2. The van der Waals surface area contributed by atoms with Gasteiger partial charge in [-0.25, -0.2) is 4.79 Å². The maximum Gasteiger partial charge on any atom is 0.328 e. The van der Waals surface area contributed by atoms with E-state index in [2.05, 4.69) is 10.6 Å². The van der Waals surface area contributed by atoms with E-state index in [0.29, 0.717) is 5.56 Å². The molecule has 2 aromatic carbocycles. The highest BCUT2D eigenvalue weighted by Gasteiger charge is 2.59. The van der Waals surface area contributed by atoms with Crippen LogP contribution in [0.3, 0.4) is 0 Å². The van der Waals surface area contributed by atoms with Crippen molar-refractivity contribution in [2.24, 2.45) is 0 Å². The average Bonchev–Trinajstić information content (AvgIpc) is 2.64. The predicted molar refractivity (Wildman–Crippen MR) is 95.5 cm³/mol. The second-order valence-electron chi connectivity index (χ2n) is 6.22. The predicted octanol–water partition coefficient (Wildman–Crippen LogP) is 1.68. The number of hydrogen-bond donors (Lipinski definition) is 2. The lowest BCUT2D eigenvalue weighted by molar-refractivity contribution is -0.177. The van der Waals surface area contributed by atoms with Crippen molar-refractivity contribution in [3.63, 3.8) is 0 Å². The Hall–Kier alpha value is -3.48. The van der Waals surface area contributed by atoms with Crippen LogP contribution in [0, 0.1) is 0 Å². The molecule has 138 valence electrons. The van der Waals surface area contributed by atoms with Gasteiger partial charge in [0.25, 0.3) is 17.4 Å². The van der Waals surface area contributed by atoms with Crippen molar-refractivity contribution in [1.82, 2.24) is 10.6 Å². The molecule has 0 radical (unpaired) electrons. The van der Waals surface area contributed by atoms with Crippen LogP contribution in [0.25, 0.3) is 0 Å². The fourth-order valence-electron chi connectivity index (χ4n) is 3.26. The number of hydrogen-bond acceptors (Lipinski definition) is 5. The fraction of sp³-hybridized carbons (Fsp3) is 0.200. The molecule has 1 aliphatic rings. The van der Waals surface area contributed by atoms with E-state index in [0.717, 1.165) is 12.5 Å². The first-order chi connectivity index (χ1) is 12.9. The number of imide groups is 2. The Balaban J connectivity index is 2.16. The van der Waals surface area contributed by atoms with Crippen molar-refractivity contribution < 1.29 is 23.9 Å². The Morgan fingerprint density at radius 1 is 0.926 bits per heavy atom. The third-order valence-electron chi connectivity index (χ3n) is 4.41.